The monoisotopic (exact) mass is 331 g/mol. The summed E-state index contributed by atoms with van der Waals surface area (Å²) in [5, 5.41) is 8.88. The summed E-state index contributed by atoms with van der Waals surface area (Å²) in [5.41, 5.74) is 0.790. The summed E-state index contributed by atoms with van der Waals surface area (Å²) in [6.45, 7) is 0. The molecule has 0 aliphatic heterocycles. The van der Waals surface area contributed by atoms with Crippen molar-refractivity contribution in [2.75, 3.05) is 7.11 Å². The molecule has 0 saturated carbocycles. The molecule has 0 amide bonds. The number of benzene rings is 1. The first-order valence-corrected chi connectivity index (χ1v) is 6.49. The number of methoxy groups -OCH3 is 1. The lowest BCUT2D eigenvalue weighted by Crippen LogP contribution is -2.02. The molecule has 20 heavy (non-hydrogen) atoms. The van der Waals surface area contributed by atoms with Gasteiger partial charge in [-0.1, -0.05) is 28.1 Å². The molecule has 5 heteroatoms. The largest absolute Gasteiger partial charge is 0.465 e. The highest BCUT2D eigenvalue weighted by Gasteiger charge is 2.10. The minimum Gasteiger partial charge on any atom is -0.465 e. The number of rotatable bonds is 3. The molecule has 0 fully saturated rings. The van der Waals surface area contributed by atoms with E-state index in [4.69, 9.17) is 9.68 Å². The number of esters is 1. The van der Waals surface area contributed by atoms with Gasteiger partial charge in [-0.05, 0) is 24.3 Å². The molecule has 0 atom stereocenters. The molecule has 1 aromatic carbocycles. The highest BCUT2D eigenvalue weighted by molar-refractivity contribution is 9.10. The fourth-order valence-electron chi connectivity index (χ4n) is 1.62. The molecule has 1 aromatic heterocycles. The van der Waals surface area contributed by atoms with Gasteiger partial charge in [0.25, 0.3) is 0 Å². The molecule has 0 spiro atoms. The van der Waals surface area contributed by atoms with E-state index in [1.54, 1.807) is 18.2 Å². The number of nitriles is 1. The van der Waals surface area contributed by atoms with E-state index < -0.39 is 5.97 Å². The molecule has 100 valence electrons. The molecule has 4 nitrogen and oxygen atoms in total. The van der Waals surface area contributed by atoms with Gasteiger partial charge in [0.1, 0.15) is 23.2 Å². The summed E-state index contributed by atoms with van der Waals surface area (Å²) in [7, 11) is 1.22. The molecule has 0 unspecified atom stereocenters. The first-order chi connectivity index (χ1) is 9.63. The summed E-state index contributed by atoms with van der Waals surface area (Å²) in [6, 6.07) is 12.9. The number of ether oxygens (including phenoxy) is 1. The second kappa shape index (κ2) is 6.22. The van der Waals surface area contributed by atoms with Crippen LogP contribution in [0.15, 0.2) is 50.9 Å². The molecular formula is C15H10BrNO3. The van der Waals surface area contributed by atoms with Gasteiger partial charge < -0.3 is 9.15 Å². The molecule has 0 bridgehead atoms. The van der Waals surface area contributed by atoms with Crippen molar-refractivity contribution in [3.05, 3.63) is 52.2 Å². The van der Waals surface area contributed by atoms with E-state index in [1.165, 1.54) is 13.2 Å². The summed E-state index contributed by atoms with van der Waals surface area (Å²) in [6.07, 6.45) is 1.35. The van der Waals surface area contributed by atoms with E-state index in [0.29, 0.717) is 11.5 Å². The molecule has 0 radical (unpaired) electrons. The predicted octanol–water partition coefficient (Wildman–Crippen LogP) is 3.79. The Morgan fingerprint density at radius 2 is 2.20 bits per heavy atom. The number of carbonyl (C=O) groups is 1. The van der Waals surface area contributed by atoms with Gasteiger partial charge in [0.2, 0.25) is 0 Å². The van der Waals surface area contributed by atoms with Crippen molar-refractivity contribution in [2.24, 2.45) is 0 Å². The van der Waals surface area contributed by atoms with E-state index in [2.05, 4.69) is 20.7 Å². The minimum absolute atomic E-state index is 0.109. The van der Waals surface area contributed by atoms with Crippen LogP contribution in [0.5, 0.6) is 0 Å². The van der Waals surface area contributed by atoms with E-state index in [0.717, 1.165) is 10.0 Å². The molecule has 2 rings (SSSR count). The third-order valence-corrected chi connectivity index (χ3v) is 3.04. The quantitative estimate of drug-likeness (QED) is 0.487. The van der Waals surface area contributed by atoms with Crippen LogP contribution in [0.3, 0.4) is 0 Å². The van der Waals surface area contributed by atoms with Gasteiger partial charge in [-0.2, -0.15) is 5.26 Å². The Hall–Kier alpha value is -2.32. The molecule has 0 saturated heterocycles. The van der Waals surface area contributed by atoms with Crippen molar-refractivity contribution in [1.29, 1.82) is 5.26 Å². The van der Waals surface area contributed by atoms with E-state index in [9.17, 15) is 4.79 Å². The highest BCUT2D eigenvalue weighted by Crippen LogP contribution is 2.25. The van der Waals surface area contributed by atoms with E-state index in [-0.39, 0.29) is 5.57 Å². The van der Waals surface area contributed by atoms with Gasteiger partial charge in [-0.15, -0.1) is 0 Å². The summed E-state index contributed by atoms with van der Waals surface area (Å²) in [5.74, 6) is 0.384. The minimum atomic E-state index is -0.687. The number of furan rings is 1. The van der Waals surface area contributed by atoms with Crippen LogP contribution in [0, 0.1) is 11.3 Å². The Morgan fingerprint density at radius 3 is 2.85 bits per heavy atom. The van der Waals surface area contributed by atoms with Crippen molar-refractivity contribution < 1.29 is 13.9 Å². The van der Waals surface area contributed by atoms with Crippen LogP contribution in [0.1, 0.15) is 5.76 Å². The molecular weight excluding hydrogens is 322 g/mol. The summed E-state index contributed by atoms with van der Waals surface area (Å²) >= 11 is 3.39. The highest BCUT2D eigenvalue weighted by atomic mass is 79.9. The van der Waals surface area contributed by atoms with Crippen molar-refractivity contribution in [3.8, 4) is 17.4 Å². The van der Waals surface area contributed by atoms with Crippen LogP contribution in [0.4, 0.5) is 0 Å². The first kappa shape index (κ1) is 14.1. The molecule has 2 aromatic rings. The van der Waals surface area contributed by atoms with Crippen LogP contribution < -0.4 is 0 Å². The van der Waals surface area contributed by atoms with Gasteiger partial charge in [-0.3, -0.25) is 0 Å². The maximum atomic E-state index is 11.3. The Bertz CT molecular complexity index is 710. The number of halogens is 1. The first-order valence-electron chi connectivity index (χ1n) is 5.70. The Labute approximate surface area is 124 Å². The predicted molar refractivity (Wildman–Crippen MR) is 77.5 cm³/mol. The molecule has 1 heterocycles. The van der Waals surface area contributed by atoms with E-state index >= 15 is 0 Å². The average molecular weight is 332 g/mol. The van der Waals surface area contributed by atoms with Crippen molar-refractivity contribution in [2.45, 2.75) is 0 Å². The number of hydrogen-bond donors (Lipinski definition) is 0. The SMILES string of the molecule is COC(=O)/C(C#N)=C\c1ccc(-c2cccc(Br)c2)o1. The standard InChI is InChI=1S/C15H10BrNO3/c1-19-15(18)11(9-17)8-13-5-6-14(20-13)10-3-2-4-12(16)7-10/h2-8H,1H3/b11-8-. The lowest BCUT2D eigenvalue weighted by molar-refractivity contribution is -0.135. The topological polar surface area (TPSA) is 63.2 Å². The van der Waals surface area contributed by atoms with Crippen molar-refractivity contribution in [3.63, 3.8) is 0 Å². The third kappa shape index (κ3) is 3.16. The lowest BCUT2D eigenvalue weighted by atomic mass is 10.2. The maximum absolute atomic E-state index is 11.3. The van der Waals surface area contributed by atoms with Gasteiger partial charge in [0.05, 0.1) is 7.11 Å². The fourth-order valence-corrected chi connectivity index (χ4v) is 2.02. The number of hydrogen-bond acceptors (Lipinski definition) is 4. The average Bonchev–Trinajstić information content (AvgIpc) is 2.92. The zero-order chi connectivity index (χ0) is 14.5. The van der Waals surface area contributed by atoms with Crippen molar-refractivity contribution in [1.82, 2.24) is 0 Å². The normalized spacial score (nSPS) is 10.9. The van der Waals surface area contributed by atoms with Crippen LogP contribution in [-0.2, 0) is 9.53 Å². The Kier molecular flexibility index (Phi) is 4.38. The fraction of sp³-hybridized carbons (Fsp3) is 0.0667. The second-order valence-corrected chi connectivity index (χ2v) is 4.79. The third-order valence-electron chi connectivity index (χ3n) is 2.55. The van der Waals surface area contributed by atoms with Crippen LogP contribution >= 0.6 is 15.9 Å². The zero-order valence-electron chi connectivity index (χ0n) is 10.6. The smallest absolute Gasteiger partial charge is 0.348 e. The second-order valence-electron chi connectivity index (χ2n) is 3.87. The van der Waals surface area contributed by atoms with Crippen LogP contribution in [-0.4, -0.2) is 13.1 Å². The van der Waals surface area contributed by atoms with Crippen LogP contribution in [0.25, 0.3) is 17.4 Å². The number of carbonyl (C=O) groups excluding carboxylic acids is 1. The summed E-state index contributed by atoms with van der Waals surface area (Å²) in [4.78, 5) is 11.3. The number of nitrogens with zero attached hydrogens (tertiary/aromatic N) is 1. The maximum Gasteiger partial charge on any atom is 0.348 e. The van der Waals surface area contributed by atoms with Crippen molar-refractivity contribution >= 4 is 28.0 Å². The molecule has 0 N–H and O–H groups in total. The Balaban J connectivity index is 2.32. The Morgan fingerprint density at radius 1 is 1.40 bits per heavy atom. The zero-order valence-corrected chi connectivity index (χ0v) is 12.2. The van der Waals surface area contributed by atoms with E-state index in [1.807, 2.05) is 24.3 Å². The van der Waals surface area contributed by atoms with Crippen LogP contribution in [0.2, 0.25) is 0 Å². The summed E-state index contributed by atoms with van der Waals surface area (Å²) < 4.78 is 11.0. The lowest BCUT2D eigenvalue weighted by Gasteiger charge is -1.97. The molecule has 0 aliphatic carbocycles. The van der Waals surface area contributed by atoms with Gasteiger partial charge in [0.15, 0.2) is 0 Å². The van der Waals surface area contributed by atoms with Gasteiger partial charge in [0, 0.05) is 16.1 Å². The van der Waals surface area contributed by atoms with Gasteiger partial charge in [-0.25, -0.2) is 4.79 Å². The molecule has 0 aliphatic rings. The van der Waals surface area contributed by atoms with Gasteiger partial charge >= 0.3 is 5.97 Å².